The van der Waals surface area contributed by atoms with Crippen molar-refractivity contribution in [1.29, 1.82) is 0 Å². The first-order chi connectivity index (χ1) is 10.5. The fourth-order valence-corrected chi connectivity index (χ4v) is 2.98. The van der Waals surface area contributed by atoms with Crippen LogP contribution in [0.25, 0.3) is 0 Å². The Labute approximate surface area is 132 Å². The number of hydrogen-bond donors (Lipinski definition) is 1. The molecule has 1 aliphatic rings. The third-order valence-corrected chi connectivity index (χ3v) is 4.33. The van der Waals surface area contributed by atoms with Gasteiger partial charge in [0.25, 0.3) is 0 Å². The van der Waals surface area contributed by atoms with Crippen molar-refractivity contribution in [2.24, 2.45) is 0 Å². The topological polar surface area (TPSA) is 41.1 Å². The molecule has 1 aliphatic heterocycles. The van der Waals surface area contributed by atoms with Gasteiger partial charge in [0.1, 0.15) is 0 Å². The van der Waals surface area contributed by atoms with Crippen molar-refractivity contribution in [3.8, 4) is 0 Å². The zero-order chi connectivity index (χ0) is 15.7. The Balaban J connectivity index is 1.83. The molecular weight excluding hydrogens is 272 g/mol. The zero-order valence-corrected chi connectivity index (χ0v) is 13.8. The van der Waals surface area contributed by atoms with Gasteiger partial charge in [-0.05, 0) is 63.3 Å². The van der Waals surface area contributed by atoms with Crippen LogP contribution in [0.4, 0.5) is 5.95 Å². The lowest BCUT2D eigenvalue weighted by molar-refractivity contribution is 0.399. The van der Waals surface area contributed by atoms with Crippen molar-refractivity contribution in [3.63, 3.8) is 0 Å². The molecular formula is C18H24N4. The number of benzene rings is 1. The molecule has 0 saturated carbocycles. The lowest BCUT2D eigenvalue weighted by atomic mass is 9.97. The van der Waals surface area contributed by atoms with E-state index < -0.39 is 0 Å². The van der Waals surface area contributed by atoms with Crippen LogP contribution in [-0.2, 0) is 0 Å². The summed E-state index contributed by atoms with van der Waals surface area (Å²) in [4.78, 5) is 9.14. The first-order valence-electron chi connectivity index (χ1n) is 7.96. The molecule has 116 valence electrons. The molecule has 0 aliphatic carbocycles. The highest BCUT2D eigenvalue weighted by molar-refractivity contribution is 5.35. The Hall–Kier alpha value is -1.94. The molecule has 1 aromatic heterocycles. The average Bonchev–Trinajstić information content (AvgIpc) is 2.49. The average molecular weight is 296 g/mol. The van der Waals surface area contributed by atoms with Crippen molar-refractivity contribution in [1.82, 2.24) is 15.4 Å². The van der Waals surface area contributed by atoms with Gasteiger partial charge in [-0.25, -0.2) is 15.4 Å². The molecule has 2 aromatic rings. The second-order valence-corrected chi connectivity index (χ2v) is 6.27. The van der Waals surface area contributed by atoms with E-state index in [9.17, 15) is 0 Å². The fraction of sp³-hybridized carbons (Fsp3) is 0.444. The lowest BCUT2D eigenvalue weighted by Crippen LogP contribution is -2.46. The van der Waals surface area contributed by atoms with Gasteiger partial charge in [0.05, 0.1) is 6.04 Å². The van der Waals surface area contributed by atoms with Gasteiger partial charge in [-0.2, -0.15) is 0 Å². The number of rotatable bonds is 2. The lowest BCUT2D eigenvalue weighted by Gasteiger charge is -2.34. The molecule has 0 bridgehead atoms. The zero-order valence-electron chi connectivity index (χ0n) is 13.8. The SMILES string of the molecule is Cc1cc(C)nc(N2CCCC(c3ccc(C)c(C)c3)N2)n1. The van der Waals surface area contributed by atoms with Gasteiger partial charge in [0.2, 0.25) is 5.95 Å². The summed E-state index contributed by atoms with van der Waals surface area (Å²) in [5.74, 6) is 0.783. The van der Waals surface area contributed by atoms with E-state index in [1.165, 1.54) is 16.7 Å². The standard InChI is InChI=1S/C18H24N4/c1-12-7-8-16(10-13(12)2)17-6-5-9-22(21-17)18-19-14(3)11-15(4)20-18/h7-8,10-11,17,21H,5-6,9H2,1-4H3. The predicted molar refractivity (Wildman–Crippen MR) is 89.9 cm³/mol. The highest BCUT2D eigenvalue weighted by atomic mass is 15.6. The second-order valence-electron chi connectivity index (χ2n) is 6.27. The van der Waals surface area contributed by atoms with Gasteiger partial charge in [0.15, 0.2) is 0 Å². The van der Waals surface area contributed by atoms with Gasteiger partial charge < -0.3 is 0 Å². The van der Waals surface area contributed by atoms with E-state index >= 15 is 0 Å². The van der Waals surface area contributed by atoms with Crippen LogP contribution < -0.4 is 10.4 Å². The molecule has 1 aromatic carbocycles. The maximum absolute atomic E-state index is 4.57. The minimum Gasteiger partial charge on any atom is -0.276 e. The van der Waals surface area contributed by atoms with E-state index in [1.807, 2.05) is 19.9 Å². The number of nitrogens with zero attached hydrogens (tertiary/aromatic N) is 3. The van der Waals surface area contributed by atoms with Crippen LogP contribution in [0.15, 0.2) is 24.3 Å². The Morgan fingerprint density at radius 1 is 1.00 bits per heavy atom. The smallest absolute Gasteiger partial charge is 0.240 e. The van der Waals surface area contributed by atoms with Crippen LogP contribution in [0, 0.1) is 27.7 Å². The van der Waals surface area contributed by atoms with Crippen molar-refractivity contribution in [3.05, 3.63) is 52.3 Å². The highest BCUT2D eigenvalue weighted by Crippen LogP contribution is 2.26. The van der Waals surface area contributed by atoms with Crippen molar-refractivity contribution in [2.75, 3.05) is 11.6 Å². The van der Waals surface area contributed by atoms with E-state index in [-0.39, 0.29) is 0 Å². The normalized spacial score (nSPS) is 18.5. The maximum atomic E-state index is 4.57. The van der Waals surface area contributed by atoms with Crippen LogP contribution in [0.3, 0.4) is 0 Å². The molecule has 1 unspecified atom stereocenters. The van der Waals surface area contributed by atoms with Crippen LogP contribution in [-0.4, -0.2) is 16.5 Å². The molecule has 1 atom stereocenters. The second kappa shape index (κ2) is 6.05. The summed E-state index contributed by atoms with van der Waals surface area (Å²) in [5, 5.41) is 2.10. The van der Waals surface area contributed by atoms with Crippen molar-refractivity contribution < 1.29 is 0 Å². The number of hydrazine groups is 1. The van der Waals surface area contributed by atoms with Crippen LogP contribution >= 0.6 is 0 Å². The summed E-state index contributed by atoms with van der Waals surface area (Å²) in [7, 11) is 0. The first-order valence-corrected chi connectivity index (χ1v) is 7.96. The molecule has 0 spiro atoms. The van der Waals surface area contributed by atoms with E-state index in [4.69, 9.17) is 0 Å². The third-order valence-electron chi connectivity index (χ3n) is 4.33. The molecule has 0 amide bonds. The Bertz CT molecular complexity index is 661. The monoisotopic (exact) mass is 296 g/mol. The molecule has 3 rings (SSSR count). The summed E-state index contributed by atoms with van der Waals surface area (Å²) >= 11 is 0. The fourth-order valence-electron chi connectivity index (χ4n) is 2.98. The van der Waals surface area contributed by atoms with Crippen molar-refractivity contribution in [2.45, 2.75) is 46.6 Å². The summed E-state index contributed by atoms with van der Waals surface area (Å²) in [6.45, 7) is 9.31. The molecule has 4 nitrogen and oxygen atoms in total. The minimum atomic E-state index is 0.331. The quantitative estimate of drug-likeness (QED) is 0.920. The highest BCUT2D eigenvalue weighted by Gasteiger charge is 2.22. The van der Waals surface area contributed by atoms with Gasteiger partial charge in [0, 0.05) is 17.9 Å². The van der Waals surface area contributed by atoms with Crippen LogP contribution in [0.5, 0.6) is 0 Å². The molecule has 1 saturated heterocycles. The van der Waals surface area contributed by atoms with E-state index in [1.54, 1.807) is 0 Å². The Kier molecular flexibility index (Phi) is 4.12. The summed E-state index contributed by atoms with van der Waals surface area (Å²) in [5.41, 5.74) is 9.65. The third kappa shape index (κ3) is 3.12. The molecule has 22 heavy (non-hydrogen) atoms. The number of hydrogen-bond acceptors (Lipinski definition) is 4. The van der Waals surface area contributed by atoms with Crippen LogP contribution in [0.2, 0.25) is 0 Å². The largest absolute Gasteiger partial charge is 0.276 e. The van der Waals surface area contributed by atoms with Gasteiger partial charge in [-0.3, -0.25) is 5.01 Å². The number of aromatic nitrogens is 2. The summed E-state index contributed by atoms with van der Waals surface area (Å²) < 4.78 is 0. The first kappa shape index (κ1) is 15.0. The van der Waals surface area contributed by atoms with Gasteiger partial charge in [-0.1, -0.05) is 18.2 Å². The molecule has 1 fully saturated rings. The number of anilines is 1. The predicted octanol–water partition coefficient (Wildman–Crippen LogP) is 3.56. The molecule has 0 radical (unpaired) electrons. The Morgan fingerprint density at radius 2 is 1.73 bits per heavy atom. The van der Waals surface area contributed by atoms with E-state index in [2.05, 4.69) is 52.4 Å². The number of nitrogens with one attached hydrogen (secondary N) is 1. The molecule has 2 heterocycles. The summed E-state index contributed by atoms with van der Waals surface area (Å²) in [6, 6.07) is 9.06. The van der Waals surface area contributed by atoms with Gasteiger partial charge >= 0.3 is 0 Å². The maximum Gasteiger partial charge on any atom is 0.240 e. The van der Waals surface area contributed by atoms with Gasteiger partial charge in [-0.15, -0.1) is 0 Å². The summed E-state index contributed by atoms with van der Waals surface area (Å²) in [6.07, 6.45) is 2.28. The number of aryl methyl sites for hydroxylation is 4. The Morgan fingerprint density at radius 3 is 2.41 bits per heavy atom. The molecule has 4 heteroatoms. The minimum absolute atomic E-state index is 0.331. The van der Waals surface area contributed by atoms with E-state index in [0.717, 1.165) is 36.7 Å². The van der Waals surface area contributed by atoms with Crippen LogP contribution in [0.1, 0.15) is 47.0 Å². The molecule has 1 N–H and O–H groups in total. The van der Waals surface area contributed by atoms with E-state index in [0.29, 0.717) is 6.04 Å². The van der Waals surface area contributed by atoms with Crippen molar-refractivity contribution >= 4 is 5.95 Å².